The zero-order valence-electron chi connectivity index (χ0n) is 10.2. The second-order valence-corrected chi connectivity index (χ2v) is 4.86. The molecule has 0 spiro atoms. The predicted octanol–water partition coefficient (Wildman–Crippen LogP) is 2.70. The van der Waals surface area contributed by atoms with Crippen molar-refractivity contribution in [2.75, 3.05) is 0 Å². The Bertz CT molecular complexity index is 362. The second kappa shape index (κ2) is 4.98. The summed E-state index contributed by atoms with van der Waals surface area (Å²) in [5.41, 5.74) is 9.89. The number of rotatable bonds is 3. The number of ether oxygens (including phenoxy) is 1. The van der Waals surface area contributed by atoms with Crippen LogP contribution in [0.15, 0.2) is 18.2 Å². The summed E-state index contributed by atoms with van der Waals surface area (Å²) in [5.74, 6) is 0. The fourth-order valence-electron chi connectivity index (χ4n) is 2.26. The maximum absolute atomic E-state index is 5.97. The molecule has 1 aromatic rings. The van der Waals surface area contributed by atoms with Gasteiger partial charge in [0.05, 0.1) is 12.7 Å². The third-order valence-corrected chi connectivity index (χ3v) is 3.54. The molecule has 0 aromatic heterocycles. The Morgan fingerprint density at radius 1 is 1.25 bits per heavy atom. The Morgan fingerprint density at radius 3 is 2.69 bits per heavy atom. The highest BCUT2D eigenvalue weighted by Crippen LogP contribution is 2.21. The standard InChI is InChI=1S/C14H21NO/c1-10-6-7-12(8-11(10)2)9-16-14-5-3-4-13(14)15/h6-8,13-14H,3-5,9,15H2,1-2H3/t13-,14-/m0/s1. The topological polar surface area (TPSA) is 35.2 Å². The molecule has 0 unspecified atom stereocenters. The van der Waals surface area contributed by atoms with Crippen molar-refractivity contribution in [3.05, 3.63) is 34.9 Å². The van der Waals surface area contributed by atoms with E-state index in [1.54, 1.807) is 0 Å². The van der Waals surface area contributed by atoms with Crippen LogP contribution in [-0.2, 0) is 11.3 Å². The van der Waals surface area contributed by atoms with E-state index in [4.69, 9.17) is 10.5 Å². The molecule has 0 heterocycles. The van der Waals surface area contributed by atoms with Crippen molar-refractivity contribution in [1.29, 1.82) is 0 Å². The first-order valence-electron chi connectivity index (χ1n) is 6.10. The lowest BCUT2D eigenvalue weighted by Crippen LogP contribution is -2.31. The van der Waals surface area contributed by atoms with Gasteiger partial charge >= 0.3 is 0 Å². The average molecular weight is 219 g/mol. The summed E-state index contributed by atoms with van der Waals surface area (Å²) < 4.78 is 5.87. The fraction of sp³-hybridized carbons (Fsp3) is 0.571. The number of nitrogens with two attached hydrogens (primary N) is 1. The van der Waals surface area contributed by atoms with Gasteiger partial charge in [-0.25, -0.2) is 0 Å². The fourth-order valence-corrected chi connectivity index (χ4v) is 2.26. The van der Waals surface area contributed by atoms with E-state index in [-0.39, 0.29) is 12.1 Å². The van der Waals surface area contributed by atoms with E-state index in [9.17, 15) is 0 Å². The molecular formula is C14H21NO. The van der Waals surface area contributed by atoms with Crippen LogP contribution < -0.4 is 5.73 Å². The van der Waals surface area contributed by atoms with E-state index in [0.717, 1.165) is 12.8 Å². The van der Waals surface area contributed by atoms with Crippen molar-refractivity contribution >= 4 is 0 Å². The Morgan fingerprint density at radius 2 is 2.06 bits per heavy atom. The van der Waals surface area contributed by atoms with Gasteiger partial charge in [-0.05, 0) is 49.8 Å². The van der Waals surface area contributed by atoms with Gasteiger partial charge in [0.15, 0.2) is 0 Å². The van der Waals surface area contributed by atoms with Gasteiger partial charge in [0, 0.05) is 6.04 Å². The maximum atomic E-state index is 5.97. The number of hydrogen-bond donors (Lipinski definition) is 1. The predicted molar refractivity (Wildman–Crippen MR) is 66.3 cm³/mol. The highest BCUT2D eigenvalue weighted by molar-refractivity contribution is 5.29. The second-order valence-electron chi connectivity index (χ2n) is 4.86. The summed E-state index contributed by atoms with van der Waals surface area (Å²) in [4.78, 5) is 0. The monoisotopic (exact) mass is 219 g/mol. The van der Waals surface area contributed by atoms with Gasteiger partial charge in [-0.3, -0.25) is 0 Å². The summed E-state index contributed by atoms with van der Waals surface area (Å²) in [7, 11) is 0. The van der Waals surface area contributed by atoms with Crippen molar-refractivity contribution in [2.45, 2.75) is 51.9 Å². The molecule has 16 heavy (non-hydrogen) atoms. The Labute approximate surface area is 97.8 Å². The molecule has 0 radical (unpaired) electrons. The molecular weight excluding hydrogens is 198 g/mol. The van der Waals surface area contributed by atoms with Crippen LogP contribution in [0.4, 0.5) is 0 Å². The number of aryl methyl sites for hydroxylation is 2. The van der Waals surface area contributed by atoms with Crippen molar-refractivity contribution in [2.24, 2.45) is 5.73 Å². The van der Waals surface area contributed by atoms with E-state index in [1.807, 2.05) is 0 Å². The quantitative estimate of drug-likeness (QED) is 0.848. The largest absolute Gasteiger partial charge is 0.372 e. The first kappa shape index (κ1) is 11.6. The van der Waals surface area contributed by atoms with Crippen LogP contribution >= 0.6 is 0 Å². The highest BCUT2D eigenvalue weighted by Gasteiger charge is 2.24. The molecule has 2 rings (SSSR count). The minimum Gasteiger partial charge on any atom is -0.372 e. The Hall–Kier alpha value is -0.860. The van der Waals surface area contributed by atoms with Crippen molar-refractivity contribution < 1.29 is 4.74 Å². The van der Waals surface area contributed by atoms with Gasteiger partial charge in [0.1, 0.15) is 0 Å². The molecule has 0 bridgehead atoms. The minimum atomic E-state index is 0.242. The van der Waals surface area contributed by atoms with Crippen LogP contribution in [0.5, 0.6) is 0 Å². The van der Waals surface area contributed by atoms with Gasteiger partial charge in [-0.1, -0.05) is 18.2 Å². The van der Waals surface area contributed by atoms with Gasteiger partial charge < -0.3 is 10.5 Å². The molecule has 1 aliphatic carbocycles. The number of benzene rings is 1. The zero-order chi connectivity index (χ0) is 11.5. The SMILES string of the molecule is Cc1ccc(CO[C@H]2CCC[C@@H]2N)cc1C. The average Bonchev–Trinajstić information content (AvgIpc) is 2.66. The summed E-state index contributed by atoms with van der Waals surface area (Å²) in [6.07, 6.45) is 3.70. The Kier molecular flexibility index (Phi) is 3.62. The molecule has 1 saturated carbocycles. The lowest BCUT2D eigenvalue weighted by Gasteiger charge is -2.16. The van der Waals surface area contributed by atoms with E-state index < -0.39 is 0 Å². The van der Waals surface area contributed by atoms with Crippen LogP contribution in [0.2, 0.25) is 0 Å². The van der Waals surface area contributed by atoms with Crippen LogP contribution in [-0.4, -0.2) is 12.1 Å². The lowest BCUT2D eigenvalue weighted by molar-refractivity contribution is 0.0357. The van der Waals surface area contributed by atoms with E-state index >= 15 is 0 Å². The molecule has 2 atom stereocenters. The maximum Gasteiger partial charge on any atom is 0.0730 e. The third-order valence-electron chi connectivity index (χ3n) is 3.54. The minimum absolute atomic E-state index is 0.242. The van der Waals surface area contributed by atoms with Crippen molar-refractivity contribution in [3.63, 3.8) is 0 Å². The highest BCUT2D eigenvalue weighted by atomic mass is 16.5. The van der Waals surface area contributed by atoms with Crippen molar-refractivity contribution in [1.82, 2.24) is 0 Å². The first-order chi connectivity index (χ1) is 7.66. The van der Waals surface area contributed by atoms with Crippen LogP contribution in [0.1, 0.15) is 36.0 Å². The molecule has 1 aliphatic rings. The van der Waals surface area contributed by atoms with Crippen LogP contribution in [0.3, 0.4) is 0 Å². The van der Waals surface area contributed by atoms with Gasteiger partial charge in [0.25, 0.3) is 0 Å². The molecule has 88 valence electrons. The van der Waals surface area contributed by atoms with Crippen LogP contribution in [0, 0.1) is 13.8 Å². The smallest absolute Gasteiger partial charge is 0.0730 e. The first-order valence-corrected chi connectivity index (χ1v) is 6.10. The van der Waals surface area contributed by atoms with Gasteiger partial charge in [-0.15, -0.1) is 0 Å². The lowest BCUT2D eigenvalue weighted by atomic mass is 10.1. The summed E-state index contributed by atoms with van der Waals surface area (Å²) >= 11 is 0. The summed E-state index contributed by atoms with van der Waals surface area (Å²) in [5, 5.41) is 0. The Balaban J connectivity index is 1.91. The third kappa shape index (κ3) is 2.63. The van der Waals surface area contributed by atoms with Crippen molar-refractivity contribution in [3.8, 4) is 0 Å². The molecule has 0 saturated heterocycles. The molecule has 0 amide bonds. The zero-order valence-corrected chi connectivity index (χ0v) is 10.2. The molecule has 1 fully saturated rings. The summed E-state index contributed by atoms with van der Waals surface area (Å²) in [6.45, 7) is 4.96. The van der Waals surface area contributed by atoms with E-state index in [1.165, 1.54) is 23.1 Å². The molecule has 0 aliphatic heterocycles. The summed E-state index contributed by atoms with van der Waals surface area (Å²) in [6, 6.07) is 6.74. The molecule has 2 heteroatoms. The molecule has 2 N–H and O–H groups in total. The van der Waals surface area contributed by atoms with Gasteiger partial charge in [0.2, 0.25) is 0 Å². The number of hydrogen-bond acceptors (Lipinski definition) is 2. The van der Waals surface area contributed by atoms with E-state index in [2.05, 4.69) is 32.0 Å². The van der Waals surface area contributed by atoms with E-state index in [0.29, 0.717) is 6.61 Å². The molecule has 2 nitrogen and oxygen atoms in total. The van der Waals surface area contributed by atoms with Gasteiger partial charge in [-0.2, -0.15) is 0 Å². The normalized spacial score (nSPS) is 24.9. The van der Waals surface area contributed by atoms with Crippen LogP contribution in [0.25, 0.3) is 0 Å². The molecule has 1 aromatic carbocycles.